The monoisotopic (exact) mass is 312 g/mol. The first-order valence-electron chi connectivity index (χ1n) is 5.67. The molecule has 0 spiro atoms. The third-order valence-corrected chi connectivity index (χ3v) is 4.61. The second-order valence-electron chi connectivity index (χ2n) is 4.26. The van der Waals surface area contributed by atoms with Crippen molar-refractivity contribution in [1.82, 2.24) is 9.97 Å². The molecule has 0 bridgehead atoms. The number of nitrogens with one attached hydrogen (secondary N) is 1. The predicted octanol–water partition coefficient (Wildman–Crippen LogP) is 2.13. The minimum absolute atomic E-state index is 0.0484. The Bertz CT molecular complexity index is 762. The van der Waals surface area contributed by atoms with Crippen LogP contribution in [0.25, 0.3) is 0 Å². The van der Waals surface area contributed by atoms with Crippen LogP contribution in [0, 0.1) is 13.8 Å². The van der Waals surface area contributed by atoms with E-state index in [1.807, 2.05) is 6.92 Å². The minimum atomic E-state index is -3.84. The van der Waals surface area contributed by atoms with Crippen LogP contribution in [0.3, 0.4) is 0 Å². The first-order chi connectivity index (χ1) is 9.31. The molecule has 0 aliphatic heterocycles. The highest BCUT2D eigenvalue weighted by atomic mass is 35.5. The molecule has 0 saturated carbocycles. The average Bonchev–Trinajstić information content (AvgIpc) is 2.33. The van der Waals surface area contributed by atoms with Gasteiger partial charge < -0.3 is 5.73 Å². The van der Waals surface area contributed by atoms with Crippen molar-refractivity contribution in [3.8, 4) is 0 Å². The number of anilines is 2. The van der Waals surface area contributed by atoms with Crippen molar-refractivity contribution in [2.24, 2.45) is 0 Å². The van der Waals surface area contributed by atoms with Crippen molar-refractivity contribution in [1.29, 1.82) is 0 Å². The number of halogens is 1. The second kappa shape index (κ2) is 5.26. The summed E-state index contributed by atoms with van der Waals surface area (Å²) in [4.78, 5) is 7.54. The van der Waals surface area contributed by atoms with Gasteiger partial charge in [-0.1, -0.05) is 17.7 Å². The van der Waals surface area contributed by atoms with E-state index < -0.39 is 10.0 Å². The first-order valence-corrected chi connectivity index (χ1v) is 7.53. The summed E-state index contributed by atoms with van der Waals surface area (Å²) in [6, 6.07) is 4.65. The fourth-order valence-electron chi connectivity index (χ4n) is 1.75. The van der Waals surface area contributed by atoms with E-state index in [2.05, 4.69) is 14.7 Å². The Hall–Kier alpha value is -1.86. The van der Waals surface area contributed by atoms with Crippen LogP contribution in [0.5, 0.6) is 0 Å². The Labute approximate surface area is 122 Å². The number of aromatic nitrogens is 2. The van der Waals surface area contributed by atoms with Gasteiger partial charge in [-0.25, -0.2) is 18.4 Å². The van der Waals surface area contributed by atoms with E-state index in [9.17, 15) is 8.42 Å². The molecule has 2 aromatic rings. The van der Waals surface area contributed by atoms with Gasteiger partial charge in [0.2, 0.25) is 0 Å². The fraction of sp³-hybridized carbons (Fsp3) is 0.167. The summed E-state index contributed by atoms with van der Waals surface area (Å²) in [6.07, 6.45) is 1.17. The van der Waals surface area contributed by atoms with E-state index in [0.29, 0.717) is 5.56 Å². The summed E-state index contributed by atoms with van der Waals surface area (Å²) in [5.41, 5.74) is 7.39. The number of rotatable bonds is 3. The molecule has 0 unspecified atom stereocenters. The van der Waals surface area contributed by atoms with Crippen LogP contribution in [0.4, 0.5) is 11.5 Å². The third kappa shape index (κ3) is 2.83. The van der Waals surface area contributed by atoms with E-state index in [-0.39, 0.29) is 21.6 Å². The van der Waals surface area contributed by atoms with Crippen LogP contribution in [-0.4, -0.2) is 18.4 Å². The molecule has 0 amide bonds. The zero-order valence-corrected chi connectivity index (χ0v) is 12.5. The molecule has 20 heavy (non-hydrogen) atoms. The van der Waals surface area contributed by atoms with Crippen LogP contribution in [0.2, 0.25) is 5.15 Å². The van der Waals surface area contributed by atoms with Crippen molar-refractivity contribution in [2.45, 2.75) is 18.7 Å². The molecule has 1 aromatic carbocycles. The van der Waals surface area contributed by atoms with E-state index >= 15 is 0 Å². The SMILES string of the molecule is Cc1ccc(N)c(S(=O)(=O)Nc2cc(Cl)ncn2)c1C. The average molecular weight is 313 g/mol. The smallest absolute Gasteiger partial charge is 0.265 e. The first kappa shape index (κ1) is 14.5. The molecule has 0 atom stereocenters. The lowest BCUT2D eigenvalue weighted by Gasteiger charge is -2.13. The van der Waals surface area contributed by atoms with Gasteiger partial charge in [0, 0.05) is 6.07 Å². The maximum Gasteiger partial charge on any atom is 0.265 e. The normalized spacial score (nSPS) is 11.3. The van der Waals surface area contributed by atoms with Gasteiger partial charge in [-0.05, 0) is 31.0 Å². The lowest BCUT2D eigenvalue weighted by atomic mass is 10.1. The molecule has 8 heteroatoms. The number of benzene rings is 1. The van der Waals surface area contributed by atoms with Crippen LogP contribution >= 0.6 is 11.6 Å². The molecular formula is C12H13ClN4O2S. The molecular weight excluding hydrogens is 300 g/mol. The number of nitrogen functional groups attached to an aromatic ring is 1. The van der Waals surface area contributed by atoms with E-state index in [0.717, 1.165) is 5.56 Å². The maximum atomic E-state index is 12.4. The molecule has 0 radical (unpaired) electrons. The zero-order chi connectivity index (χ0) is 14.9. The molecule has 1 aromatic heterocycles. The van der Waals surface area contributed by atoms with Crippen molar-refractivity contribution in [3.63, 3.8) is 0 Å². The van der Waals surface area contributed by atoms with Gasteiger partial charge >= 0.3 is 0 Å². The second-order valence-corrected chi connectivity index (χ2v) is 6.26. The Kier molecular flexibility index (Phi) is 3.82. The highest BCUT2D eigenvalue weighted by Crippen LogP contribution is 2.27. The molecule has 3 N–H and O–H groups in total. The molecule has 106 valence electrons. The number of nitrogens with zero attached hydrogens (tertiary/aromatic N) is 2. The summed E-state index contributed by atoms with van der Waals surface area (Å²) in [5, 5.41) is 0.145. The van der Waals surface area contributed by atoms with Gasteiger partial charge in [-0.3, -0.25) is 4.72 Å². The van der Waals surface area contributed by atoms with E-state index in [4.69, 9.17) is 17.3 Å². The molecule has 0 aliphatic carbocycles. The maximum absolute atomic E-state index is 12.4. The van der Waals surface area contributed by atoms with Gasteiger partial charge in [0.15, 0.2) is 0 Å². The highest BCUT2D eigenvalue weighted by Gasteiger charge is 2.21. The number of hydrogen-bond donors (Lipinski definition) is 2. The summed E-state index contributed by atoms with van der Waals surface area (Å²) in [5.74, 6) is 0.0882. The molecule has 0 saturated heterocycles. The Morgan fingerprint density at radius 1 is 1.25 bits per heavy atom. The van der Waals surface area contributed by atoms with Crippen molar-refractivity contribution in [3.05, 3.63) is 40.8 Å². The van der Waals surface area contributed by atoms with Crippen molar-refractivity contribution >= 4 is 33.1 Å². The van der Waals surface area contributed by atoms with Crippen molar-refractivity contribution in [2.75, 3.05) is 10.5 Å². The quantitative estimate of drug-likeness (QED) is 0.668. The molecule has 0 aliphatic rings. The van der Waals surface area contributed by atoms with Crippen LogP contribution in [0.15, 0.2) is 29.4 Å². The Morgan fingerprint density at radius 2 is 1.95 bits per heavy atom. The summed E-state index contributed by atoms with van der Waals surface area (Å²) in [6.45, 7) is 3.52. The lowest BCUT2D eigenvalue weighted by Crippen LogP contribution is -2.17. The highest BCUT2D eigenvalue weighted by molar-refractivity contribution is 7.93. The summed E-state index contributed by atoms with van der Waals surface area (Å²) < 4.78 is 27.2. The largest absolute Gasteiger partial charge is 0.398 e. The van der Waals surface area contributed by atoms with Crippen LogP contribution < -0.4 is 10.5 Å². The molecule has 1 heterocycles. The third-order valence-electron chi connectivity index (χ3n) is 2.85. The standard InChI is InChI=1S/C12H13ClN4O2S/c1-7-3-4-9(14)12(8(7)2)20(18,19)17-11-5-10(13)15-6-16-11/h3-6H,14H2,1-2H3,(H,15,16,17). The molecule has 2 rings (SSSR count). The number of hydrogen-bond acceptors (Lipinski definition) is 5. The zero-order valence-electron chi connectivity index (χ0n) is 10.9. The topological polar surface area (TPSA) is 98.0 Å². The summed E-state index contributed by atoms with van der Waals surface area (Å²) >= 11 is 5.70. The Morgan fingerprint density at radius 3 is 2.60 bits per heavy atom. The van der Waals surface area contributed by atoms with Gasteiger partial charge in [-0.2, -0.15) is 0 Å². The predicted molar refractivity (Wildman–Crippen MR) is 78.2 cm³/mol. The lowest BCUT2D eigenvalue weighted by molar-refractivity contribution is 0.600. The minimum Gasteiger partial charge on any atom is -0.398 e. The Balaban J connectivity index is 2.49. The van der Waals surface area contributed by atoms with Gasteiger partial charge in [0.05, 0.1) is 5.69 Å². The van der Waals surface area contributed by atoms with Gasteiger partial charge in [-0.15, -0.1) is 0 Å². The molecule has 6 nitrogen and oxygen atoms in total. The summed E-state index contributed by atoms with van der Waals surface area (Å²) in [7, 11) is -3.84. The van der Waals surface area contributed by atoms with E-state index in [1.54, 1.807) is 19.1 Å². The van der Waals surface area contributed by atoms with Gasteiger partial charge in [0.25, 0.3) is 10.0 Å². The molecule has 0 fully saturated rings. The fourth-order valence-corrected chi connectivity index (χ4v) is 3.32. The number of aryl methyl sites for hydroxylation is 1. The number of sulfonamides is 1. The van der Waals surface area contributed by atoms with Crippen molar-refractivity contribution < 1.29 is 8.42 Å². The number of nitrogens with two attached hydrogens (primary N) is 1. The van der Waals surface area contributed by atoms with E-state index in [1.165, 1.54) is 12.4 Å². The van der Waals surface area contributed by atoms with Crippen LogP contribution in [0.1, 0.15) is 11.1 Å². The van der Waals surface area contributed by atoms with Crippen LogP contribution in [-0.2, 0) is 10.0 Å². The van der Waals surface area contributed by atoms with Gasteiger partial charge in [0.1, 0.15) is 22.2 Å².